The fourth-order valence-corrected chi connectivity index (χ4v) is 1.67. The molecule has 0 aliphatic carbocycles. The SMILES string of the molecule is Cc1cc(NC(=O)c2cc([N+](=O)[O-])ccc2Cl)n[nH]1. The van der Waals surface area contributed by atoms with Gasteiger partial charge in [-0.05, 0) is 13.0 Å². The molecule has 0 saturated heterocycles. The number of benzene rings is 1. The number of halogens is 1. The number of non-ortho nitro benzene ring substituents is 1. The molecule has 2 rings (SSSR count). The standard InChI is InChI=1S/C11H9ClN4O3/c1-6-4-10(15-14-6)13-11(17)8-5-7(16(18)19)2-3-9(8)12/h2-5H,1H3,(H2,13,14,15,17). The lowest BCUT2D eigenvalue weighted by molar-refractivity contribution is -0.384. The van der Waals surface area contributed by atoms with Gasteiger partial charge < -0.3 is 5.32 Å². The van der Waals surface area contributed by atoms with Crippen LogP contribution < -0.4 is 5.32 Å². The normalized spacial score (nSPS) is 10.2. The van der Waals surface area contributed by atoms with Crippen molar-refractivity contribution in [3.63, 3.8) is 0 Å². The van der Waals surface area contributed by atoms with Gasteiger partial charge in [0.25, 0.3) is 11.6 Å². The Morgan fingerprint density at radius 3 is 2.79 bits per heavy atom. The molecule has 0 saturated carbocycles. The number of carbonyl (C=O) groups excluding carboxylic acids is 1. The summed E-state index contributed by atoms with van der Waals surface area (Å²) < 4.78 is 0. The lowest BCUT2D eigenvalue weighted by Gasteiger charge is -2.03. The summed E-state index contributed by atoms with van der Waals surface area (Å²) in [5.41, 5.74) is 0.602. The zero-order valence-corrected chi connectivity index (χ0v) is 10.6. The highest BCUT2D eigenvalue weighted by molar-refractivity contribution is 6.34. The van der Waals surface area contributed by atoms with Gasteiger partial charge in [-0.3, -0.25) is 20.0 Å². The lowest BCUT2D eigenvalue weighted by atomic mass is 10.2. The summed E-state index contributed by atoms with van der Waals surface area (Å²) in [4.78, 5) is 22.0. The molecule has 0 fully saturated rings. The van der Waals surface area contributed by atoms with Crippen LogP contribution in [0.2, 0.25) is 5.02 Å². The fourth-order valence-electron chi connectivity index (χ4n) is 1.47. The van der Waals surface area contributed by atoms with E-state index in [4.69, 9.17) is 11.6 Å². The fraction of sp³-hybridized carbons (Fsp3) is 0.0909. The quantitative estimate of drug-likeness (QED) is 0.666. The Labute approximate surface area is 112 Å². The molecule has 1 aromatic carbocycles. The van der Waals surface area contributed by atoms with E-state index in [9.17, 15) is 14.9 Å². The molecule has 0 bridgehead atoms. The van der Waals surface area contributed by atoms with E-state index in [1.807, 2.05) is 0 Å². The summed E-state index contributed by atoms with van der Waals surface area (Å²) in [6.45, 7) is 1.78. The molecule has 0 unspecified atom stereocenters. The van der Waals surface area contributed by atoms with E-state index in [1.54, 1.807) is 13.0 Å². The average molecular weight is 281 g/mol. The third kappa shape index (κ3) is 2.89. The molecule has 1 amide bonds. The van der Waals surface area contributed by atoms with Crippen molar-refractivity contribution in [2.24, 2.45) is 0 Å². The second-order valence-corrected chi connectivity index (χ2v) is 4.22. The van der Waals surface area contributed by atoms with Crippen LogP contribution in [0, 0.1) is 17.0 Å². The molecule has 0 atom stereocenters. The maximum atomic E-state index is 11.9. The first-order valence-corrected chi connectivity index (χ1v) is 5.62. The number of rotatable bonds is 3. The number of nitrogens with zero attached hydrogens (tertiary/aromatic N) is 2. The number of nitro benzene ring substituents is 1. The topological polar surface area (TPSA) is 101 Å². The number of carbonyl (C=O) groups is 1. The van der Waals surface area contributed by atoms with Gasteiger partial charge in [-0.25, -0.2) is 0 Å². The van der Waals surface area contributed by atoms with Crippen LogP contribution in [0.4, 0.5) is 11.5 Å². The van der Waals surface area contributed by atoms with Gasteiger partial charge in [0.1, 0.15) is 0 Å². The second kappa shape index (κ2) is 5.07. The highest BCUT2D eigenvalue weighted by Crippen LogP contribution is 2.22. The highest BCUT2D eigenvalue weighted by atomic mass is 35.5. The smallest absolute Gasteiger partial charge is 0.270 e. The zero-order valence-electron chi connectivity index (χ0n) is 9.81. The molecular weight excluding hydrogens is 272 g/mol. The summed E-state index contributed by atoms with van der Waals surface area (Å²) in [6.07, 6.45) is 0. The highest BCUT2D eigenvalue weighted by Gasteiger charge is 2.16. The number of anilines is 1. The first kappa shape index (κ1) is 13.0. The van der Waals surface area contributed by atoms with E-state index in [0.717, 1.165) is 11.8 Å². The van der Waals surface area contributed by atoms with Crippen LogP contribution in [0.3, 0.4) is 0 Å². The van der Waals surface area contributed by atoms with Crippen LogP contribution in [0.15, 0.2) is 24.3 Å². The average Bonchev–Trinajstić information content (AvgIpc) is 2.74. The molecule has 19 heavy (non-hydrogen) atoms. The molecule has 0 spiro atoms. The molecule has 0 radical (unpaired) electrons. The number of H-pyrrole nitrogens is 1. The Morgan fingerprint density at radius 1 is 1.47 bits per heavy atom. The van der Waals surface area contributed by atoms with Gasteiger partial charge in [0, 0.05) is 23.9 Å². The van der Waals surface area contributed by atoms with Gasteiger partial charge in [0.15, 0.2) is 5.82 Å². The van der Waals surface area contributed by atoms with Crippen molar-refractivity contribution < 1.29 is 9.72 Å². The second-order valence-electron chi connectivity index (χ2n) is 3.81. The number of hydrogen-bond acceptors (Lipinski definition) is 4. The molecule has 2 aromatic rings. The summed E-state index contributed by atoms with van der Waals surface area (Å²) in [5, 5.41) is 19.8. The van der Waals surface area contributed by atoms with E-state index in [2.05, 4.69) is 15.5 Å². The number of amides is 1. The predicted octanol–water partition coefficient (Wildman–Crippen LogP) is 2.53. The van der Waals surface area contributed by atoms with Crippen LogP contribution in [0.1, 0.15) is 16.1 Å². The largest absolute Gasteiger partial charge is 0.305 e. The van der Waals surface area contributed by atoms with E-state index in [-0.39, 0.29) is 16.3 Å². The monoisotopic (exact) mass is 280 g/mol. The van der Waals surface area contributed by atoms with Crippen LogP contribution in [-0.4, -0.2) is 21.0 Å². The maximum absolute atomic E-state index is 11.9. The summed E-state index contributed by atoms with van der Waals surface area (Å²) in [7, 11) is 0. The first-order chi connectivity index (χ1) is 8.97. The number of aromatic amines is 1. The Balaban J connectivity index is 2.27. The number of hydrogen-bond donors (Lipinski definition) is 2. The van der Waals surface area contributed by atoms with Crippen molar-refractivity contribution in [2.75, 3.05) is 5.32 Å². The molecule has 8 heteroatoms. The minimum absolute atomic E-state index is 0.0246. The van der Waals surface area contributed by atoms with E-state index < -0.39 is 10.8 Å². The van der Waals surface area contributed by atoms with Crippen LogP contribution >= 0.6 is 11.6 Å². The Morgan fingerprint density at radius 2 is 2.21 bits per heavy atom. The minimum atomic E-state index is -0.591. The van der Waals surface area contributed by atoms with Gasteiger partial charge in [-0.2, -0.15) is 5.10 Å². The maximum Gasteiger partial charge on any atom is 0.270 e. The van der Waals surface area contributed by atoms with Gasteiger partial charge in [-0.1, -0.05) is 11.6 Å². The van der Waals surface area contributed by atoms with Gasteiger partial charge >= 0.3 is 0 Å². The molecule has 1 heterocycles. The van der Waals surface area contributed by atoms with Crippen molar-refractivity contribution in [2.45, 2.75) is 6.92 Å². The van der Waals surface area contributed by atoms with Crippen molar-refractivity contribution in [1.29, 1.82) is 0 Å². The van der Waals surface area contributed by atoms with Crippen LogP contribution in [0.25, 0.3) is 0 Å². The molecule has 1 aromatic heterocycles. The van der Waals surface area contributed by atoms with Gasteiger partial charge in [-0.15, -0.1) is 0 Å². The number of nitro groups is 1. The molecular formula is C11H9ClN4O3. The minimum Gasteiger partial charge on any atom is -0.305 e. The Kier molecular flexibility index (Phi) is 3.48. The molecule has 2 N–H and O–H groups in total. The summed E-state index contributed by atoms with van der Waals surface area (Å²) in [6, 6.07) is 5.29. The third-order valence-corrected chi connectivity index (χ3v) is 2.68. The number of aromatic nitrogens is 2. The predicted molar refractivity (Wildman–Crippen MR) is 69.4 cm³/mol. The molecule has 0 aliphatic rings. The van der Waals surface area contributed by atoms with Crippen molar-refractivity contribution in [3.8, 4) is 0 Å². The Bertz CT molecular complexity index is 653. The van der Waals surface area contributed by atoms with E-state index in [1.165, 1.54) is 12.1 Å². The number of nitrogens with one attached hydrogen (secondary N) is 2. The van der Waals surface area contributed by atoms with Gasteiger partial charge in [0.2, 0.25) is 0 Å². The first-order valence-electron chi connectivity index (χ1n) is 5.24. The van der Waals surface area contributed by atoms with Crippen molar-refractivity contribution in [3.05, 3.63) is 50.7 Å². The van der Waals surface area contributed by atoms with Crippen LogP contribution in [-0.2, 0) is 0 Å². The van der Waals surface area contributed by atoms with Gasteiger partial charge in [0.05, 0.1) is 15.5 Å². The summed E-state index contributed by atoms with van der Waals surface area (Å²) >= 11 is 5.86. The van der Waals surface area contributed by atoms with Crippen LogP contribution in [0.5, 0.6) is 0 Å². The molecule has 0 aliphatic heterocycles. The third-order valence-electron chi connectivity index (χ3n) is 2.35. The van der Waals surface area contributed by atoms with E-state index in [0.29, 0.717) is 5.82 Å². The Hall–Kier alpha value is -2.41. The van der Waals surface area contributed by atoms with Crippen molar-refractivity contribution in [1.82, 2.24) is 10.2 Å². The van der Waals surface area contributed by atoms with Crippen molar-refractivity contribution >= 4 is 29.0 Å². The zero-order chi connectivity index (χ0) is 14.0. The molecule has 98 valence electrons. The lowest BCUT2D eigenvalue weighted by Crippen LogP contribution is -2.13. The molecule has 7 nitrogen and oxygen atoms in total. The van der Waals surface area contributed by atoms with E-state index >= 15 is 0 Å². The number of aryl methyl sites for hydroxylation is 1. The summed E-state index contributed by atoms with van der Waals surface area (Å²) in [5.74, 6) is -0.231.